The molecule has 2 amide bonds. The molecule has 5 nitrogen and oxygen atoms in total. The normalized spacial score (nSPS) is 11.1. The molecule has 0 unspecified atom stereocenters. The fourth-order valence-corrected chi connectivity index (χ4v) is 1.89. The molecule has 0 fully saturated rings. The Bertz CT molecular complexity index is 510. The quantitative estimate of drug-likeness (QED) is 0.767. The largest absolute Gasteiger partial charge is 0.355 e. The average Bonchev–Trinajstić information content (AvgIpc) is 2.39. The van der Waals surface area contributed by atoms with E-state index in [1.807, 2.05) is 27.7 Å². The van der Waals surface area contributed by atoms with E-state index in [9.17, 15) is 9.59 Å². The second kappa shape index (κ2) is 6.52. The molecule has 1 aromatic carbocycles. The number of hydrogen-bond donors (Lipinski definition) is 3. The van der Waals surface area contributed by atoms with Crippen molar-refractivity contribution in [3.8, 4) is 0 Å². The van der Waals surface area contributed by atoms with Gasteiger partial charge in [0.15, 0.2) is 0 Å². The molecule has 0 spiro atoms. The summed E-state index contributed by atoms with van der Waals surface area (Å²) in [6.07, 6.45) is 0. The summed E-state index contributed by atoms with van der Waals surface area (Å²) in [4.78, 5) is 23.7. The van der Waals surface area contributed by atoms with Crippen LogP contribution in [0.15, 0.2) is 18.2 Å². The van der Waals surface area contributed by atoms with Crippen LogP contribution in [0.25, 0.3) is 0 Å². The number of hydrogen-bond acceptors (Lipinski definition) is 3. The first-order valence-electron chi connectivity index (χ1n) is 6.71. The van der Waals surface area contributed by atoms with Crippen LogP contribution in [0.2, 0.25) is 0 Å². The topological polar surface area (TPSA) is 70.2 Å². The molecule has 0 saturated heterocycles. The summed E-state index contributed by atoms with van der Waals surface area (Å²) in [5.74, 6) is -0.242. The van der Waals surface area contributed by atoms with Crippen molar-refractivity contribution in [1.29, 1.82) is 0 Å². The van der Waals surface area contributed by atoms with Gasteiger partial charge in [-0.05, 0) is 51.1 Å². The molecule has 3 N–H and O–H groups in total. The Balaban J connectivity index is 2.89. The number of carbonyl (C=O) groups is 2. The second-order valence-electron chi connectivity index (χ2n) is 5.22. The highest BCUT2D eigenvalue weighted by Crippen LogP contribution is 2.18. The molecule has 0 aromatic heterocycles. The van der Waals surface area contributed by atoms with Gasteiger partial charge in [-0.1, -0.05) is 6.92 Å². The standard InChI is InChI=1S/C15H23N3O2/c1-6-17-15(3,4)14(20)18-12-8-7-11(9-10(12)2)13(19)16-5/h7-9,17H,6H2,1-5H3,(H,16,19)(H,18,20). The predicted octanol–water partition coefficient (Wildman–Crippen LogP) is 1.68. The minimum atomic E-state index is -0.638. The van der Waals surface area contributed by atoms with Crippen molar-refractivity contribution in [2.75, 3.05) is 18.9 Å². The average molecular weight is 277 g/mol. The number of nitrogens with one attached hydrogen (secondary N) is 3. The van der Waals surface area contributed by atoms with Gasteiger partial charge in [-0.15, -0.1) is 0 Å². The maximum atomic E-state index is 12.2. The monoisotopic (exact) mass is 277 g/mol. The SMILES string of the molecule is CCNC(C)(C)C(=O)Nc1ccc(C(=O)NC)cc1C. The Hall–Kier alpha value is -1.88. The van der Waals surface area contributed by atoms with E-state index >= 15 is 0 Å². The van der Waals surface area contributed by atoms with E-state index in [-0.39, 0.29) is 11.8 Å². The van der Waals surface area contributed by atoms with Gasteiger partial charge < -0.3 is 16.0 Å². The van der Waals surface area contributed by atoms with Crippen LogP contribution < -0.4 is 16.0 Å². The van der Waals surface area contributed by atoms with E-state index in [1.165, 1.54) is 0 Å². The molecule has 0 aliphatic heterocycles. The van der Waals surface area contributed by atoms with E-state index in [4.69, 9.17) is 0 Å². The zero-order chi connectivity index (χ0) is 15.3. The van der Waals surface area contributed by atoms with E-state index in [1.54, 1.807) is 25.2 Å². The van der Waals surface area contributed by atoms with Crippen LogP contribution in [0.3, 0.4) is 0 Å². The number of benzene rings is 1. The highest BCUT2D eigenvalue weighted by molar-refractivity contribution is 5.99. The van der Waals surface area contributed by atoms with Crippen molar-refractivity contribution in [1.82, 2.24) is 10.6 Å². The summed E-state index contributed by atoms with van der Waals surface area (Å²) in [6.45, 7) is 8.20. The lowest BCUT2D eigenvalue weighted by molar-refractivity contribution is -0.121. The number of likely N-dealkylation sites (N-methyl/N-ethyl adjacent to an activating group) is 1. The van der Waals surface area contributed by atoms with E-state index < -0.39 is 5.54 Å². The van der Waals surface area contributed by atoms with Gasteiger partial charge in [-0.25, -0.2) is 0 Å². The third-order valence-corrected chi connectivity index (χ3v) is 3.15. The summed E-state index contributed by atoms with van der Waals surface area (Å²) in [5, 5.41) is 8.58. The summed E-state index contributed by atoms with van der Waals surface area (Å²) in [5.41, 5.74) is 1.51. The van der Waals surface area contributed by atoms with Crippen LogP contribution in [-0.4, -0.2) is 30.9 Å². The molecular formula is C15H23N3O2. The Morgan fingerprint density at radius 2 is 1.90 bits per heavy atom. The van der Waals surface area contributed by atoms with E-state index in [0.717, 1.165) is 12.1 Å². The maximum Gasteiger partial charge on any atom is 0.251 e. The Morgan fingerprint density at radius 1 is 1.25 bits per heavy atom. The molecule has 0 saturated carbocycles. The molecule has 0 aliphatic carbocycles. The fraction of sp³-hybridized carbons (Fsp3) is 0.467. The number of anilines is 1. The maximum absolute atomic E-state index is 12.2. The van der Waals surface area contributed by atoms with Crippen LogP contribution in [0.5, 0.6) is 0 Å². The van der Waals surface area contributed by atoms with Crippen molar-refractivity contribution >= 4 is 17.5 Å². The summed E-state index contributed by atoms with van der Waals surface area (Å²) in [7, 11) is 1.59. The first kappa shape index (κ1) is 16.2. The number of amides is 2. The highest BCUT2D eigenvalue weighted by atomic mass is 16.2. The van der Waals surface area contributed by atoms with Crippen LogP contribution >= 0.6 is 0 Å². The first-order valence-corrected chi connectivity index (χ1v) is 6.71. The fourth-order valence-electron chi connectivity index (χ4n) is 1.89. The van der Waals surface area contributed by atoms with Gasteiger partial charge in [0.25, 0.3) is 5.91 Å². The van der Waals surface area contributed by atoms with Crippen molar-refractivity contribution in [3.05, 3.63) is 29.3 Å². The Kier molecular flexibility index (Phi) is 5.27. The zero-order valence-electron chi connectivity index (χ0n) is 12.8. The lowest BCUT2D eigenvalue weighted by atomic mass is 10.0. The van der Waals surface area contributed by atoms with Crippen molar-refractivity contribution in [2.45, 2.75) is 33.2 Å². The molecule has 1 rings (SSSR count). The molecular weight excluding hydrogens is 254 g/mol. The summed E-state index contributed by atoms with van der Waals surface area (Å²) in [6, 6.07) is 5.20. The zero-order valence-corrected chi connectivity index (χ0v) is 12.8. The van der Waals surface area contributed by atoms with E-state index in [2.05, 4.69) is 16.0 Å². The van der Waals surface area contributed by atoms with Crippen molar-refractivity contribution in [2.24, 2.45) is 0 Å². The lowest BCUT2D eigenvalue weighted by Crippen LogP contribution is -2.49. The van der Waals surface area contributed by atoms with Gasteiger partial charge in [0, 0.05) is 18.3 Å². The molecule has 0 aliphatic rings. The van der Waals surface area contributed by atoms with Crippen LogP contribution in [0, 0.1) is 6.92 Å². The molecule has 5 heteroatoms. The Morgan fingerprint density at radius 3 is 2.40 bits per heavy atom. The van der Waals surface area contributed by atoms with Crippen molar-refractivity contribution < 1.29 is 9.59 Å². The van der Waals surface area contributed by atoms with Gasteiger partial charge in [0.2, 0.25) is 5.91 Å². The number of rotatable bonds is 5. The summed E-state index contributed by atoms with van der Waals surface area (Å²) >= 11 is 0. The number of aryl methyl sites for hydroxylation is 1. The highest BCUT2D eigenvalue weighted by Gasteiger charge is 2.26. The van der Waals surface area contributed by atoms with Gasteiger partial charge in [-0.3, -0.25) is 9.59 Å². The molecule has 20 heavy (non-hydrogen) atoms. The molecule has 110 valence electrons. The smallest absolute Gasteiger partial charge is 0.251 e. The van der Waals surface area contributed by atoms with Gasteiger partial charge in [0.05, 0.1) is 5.54 Å². The van der Waals surface area contributed by atoms with Gasteiger partial charge in [0.1, 0.15) is 0 Å². The van der Waals surface area contributed by atoms with Crippen LogP contribution in [0.1, 0.15) is 36.7 Å². The van der Waals surface area contributed by atoms with Gasteiger partial charge >= 0.3 is 0 Å². The van der Waals surface area contributed by atoms with Crippen LogP contribution in [-0.2, 0) is 4.79 Å². The van der Waals surface area contributed by atoms with Crippen LogP contribution in [0.4, 0.5) is 5.69 Å². The predicted molar refractivity (Wildman–Crippen MR) is 81.0 cm³/mol. The number of carbonyl (C=O) groups excluding carboxylic acids is 2. The second-order valence-corrected chi connectivity index (χ2v) is 5.22. The third-order valence-electron chi connectivity index (χ3n) is 3.15. The molecule has 0 bridgehead atoms. The molecule has 0 radical (unpaired) electrons. The molecule has 1 aromatic rings. The summed E-state index contributed by atoms with van der Waals surface area (Å²) < 4.78 is 0. The van der Waals surface area contributed by atoms with E-state index in [0.29, 0.717) is 11.3 Å². The minimum absolute atomic E-state index is 0.102. The Labute approximate surface area is 120 Å². The molecule has 0 heterocycles. The third kappa shape index (κ3) is 3.81. The minimum Gasteiger partial charge on any atom is -0.355 e. The lowest BCUT2D eigenvalue weighted by Gasteiger charge is -2.25. The first-order chi connectivity index (χ1) is 9.31. The molecule has 0 atom stereocenters. The van der Waals surface area contributed by atoms with Crippen molar-refractivity contribution in [3.63, 3.8) is 0 Å². The van der Waals surface area contributed by atoms with Gasteiger partial charge in [-0.2, -0.15) is 0 Å².